The number of ether oxygens (including phenoxy) is 1. The molecule has 3 nitrogen and oxygen atoms in total. The maximum absolute atomic E-state index is 11.2. The number of hydrogen-bond donors (Lipinski definition) is 1. The Kier molecular flexibility index (Phi) is 4.29. The zero-order valence-electron chi connectivity index (χ0n) is 13.3. The number of fused-ring (bicyclic) bond motifs is 1. The average Bonchev–Trinajstić information content (AvgIpc) is 2.35. The first-order valence-corrected chi connectivity index (χ1v) is 7.83. The highest BCUT2D eigenvalue weighted by atomic mass is 16.5. The summed E-state index contributed by atoms with van der Waals surface area (Å²) in [6.45, 7) is 9.96. The van der Waals surface area contributed by atoms with Crippen molar-refractivity contribution in [2.45, 2.75) is 65.6 Å². The minimum atomic E-state index is -0.611. The molecule has 20 heavy (non-hydrogen) atoms. The minimum Gasteiger partial charge on any atom is -0.458 e. The van der Waals surface area contributed by atoms with Crippen molar-refractivity contribution >= 4 is 5.97 Å². The smallest absolute Gasteiger partial charge is 0.303 e. The van der Waals surface area contributed by atoms with E-state index in [0.717, 1.165) is 24.8 Å². The SMILES string of the molecule is CC(=O)OC1CC2C(C)CCC(O)(C(C)C)C2C=C1C. The Bertz CT molecular complexity index is 412. The van der Waals surface area contributed by atoms with Crippen LogP contribution in [0, 0.1) is 23.7 Å². The average molecular weight is 280 g/mol. The Morgan fingerprint density at radius 3 is 2.70 bits per heavy atom. The van der Waals surface area contributed by atoms with E-state index in [1.807, 2.05) is 6.92 Å². The summed E-state index contributed by atoms with van der Waals surface area (Å²) in [5, 5.41) is 11.1. The Hall–Kier alpha value is -0.830. The Morgan fingerprint density at radius 2 is 2.15 bits per heavy atom. The molecule has 0 amide bonds. The molecule has 0 aromatic rings. The number of esters is 1. The number of rotatable bonds is 2. The number of carbonyl (C=O) groups is 1. The molecule has 3 heteroatoms. The number of hydrogen-bond acceptors (Lipinski definition) is 3. The van der Waals surface area contributed by atoms with Gasteiger partial charge in [0.2, 0.25) is 0 Å². The van der Waals surface area contributed by atoms with Crippen LogP contribution in [0.2, 0.25) is 0 Å². The lowest BCUT2D eigenvalue weighted by Gasteiger charge is -2.51. The van der Waals surface area contributed by atoms with Gasteiger partial charge in [-0.2, -0.15) is 0 Å². The van der Waals surface area contributed by atoms with E-state index in [-0.39, 0.29) is 23.9 Å². The molecule has 0 bridgehead atoms. The van der Waals surface area contributed by atoms with Crippen molar-refractivity contribution in [3.63, 3.8) is 0 Å². The largest absolute Gasteiger partial charge is 0.458 e. The normalized spacial score (nSPS) is 41.0. The van der Waals surface area contributed by atoms with Crippen molar-refractivity contribution in [2.75, 3.05) is 0 Å². The summed E-state index contributed by atoms with van der Waals surface area (Å²) in [5.74, 6) is 1.20. The van der Waals surface area contributed by atoms with Crippen LogP contribution in [0.5, 0.6) is 0 Å². The highest BCUT2D eigenvalue weighted by Crippen LogP contribution is 2.50. The van der Waals surface area contributed by atoms with Crippen molar-refractivity contribution in [1.82, 2.24) is 0 Å². The first-order chi connectivity index (χ1) is 9.25. The summed E-state index contributed by atoms with van der Waals surface area (Å²) >= 11 is 0. The maximum atomic E-state index is 11.2. The quantitative estimate of drug-likeness (QED) is 0.623. The molecule has 0 heterocycles. The third kappa shape index (κ3) is 2.65. The van der Waals surface area contributed by atoms with Crippen LogP contribution in [0.1, 0.15) is 53.9 Å². The molecule has 2 aliphatic rings. The first-order valence-electron chi connectivity index (χ1n) is 7.83. The Balaban J connectivity index is 2.31. The maximum Gasteiger partial charge on any atom is 0.303 e. The fraction of sp³-hybridized carbons (Fsp3) is 0.824. The summed E-state index contributed by atoms with van der Waals surface area (Å²) in [6, 6.07) is 0. The van der Waals surface area contributed by atoms with Gasteiger partial charge in [0.25, 0.3) is 0 Å². The van der Waals surface area contributed by atoms with Crippen LogP contribution < -0.4 is 0 Å². The van der Waals surface area contributed by atoms with Gasteiger partial charge in [-0.15, -0.1) is 0 Å². The summed E-state index contributed by atoms with van der Waals surface area (Å²) in [6.07, 6.45) is 4.84. The molecule has 114 valence electrons. The molecular formula is C17H28O3. The second-order valence-electron chi connectivity index (χ2n) is 7.10. The van der Waals surface area contributed by atoms with Gasteiger partial charge in [0, 0.05) is 12.8 Å². The van der Waals surface area contributed by atoms with Crippen LogP contribution >= 0.6 is 0 Å². The molecule has 2 rings (SSSR count). The molecule has 0 spiro atoms. The van der Waals surface area contributed by atoms with E-state index in [9.17, 15) is 9.90 Å². The summed E-state index contributed by atoms with van der Waals surface area (Å²) in [5.41, 5.74) is 0.481. The molecule has 0 aromatic heterocycles. The molecule has 0 aliphatic heterocycles. The van der Waals surface area contributed by atoms with Gasteiger partial charge in [-0.05, 0) is 49.5 Å². The zero-order chi connectivity index (χ0) is 15.1. The molecule has 5 unspecified atom stereocenters. The van der Waals surface area contributed by atoms with E-state index < -0.39 is 5.60 Å². The molecule has 2 aliphatic carbocycles. The van der Waals surface area contributed by atoms with Crippen LogP contribution in [-0.2, 0) is 9.53 Å². The van der Waals surface area contributed by atoms with E-state index >= 15 is 0 Å². The van der Waals surface area contributed by atoms with Gasteiger partial charge in [0.05, 0.1) is 5.60 Å². The molecule has 0 radical (unpaired) electrons. The number of aliphatic hydroxyl groups is 1. The van der Waals surface area contributed by atoms with Crippen molar-refractivity contribution in [3.8, 4) is 0 Å². The second kappa shape index (κ2) is 5.51. The van der Waals surface area contributed by atoms with Crippen molar-refractivity contribution in [3.05, 3.63) is 11.6 Å². The van der Waals surface area contributed by atoms with E-state index in [0.29, 0.717) is 11.8 Å². The topological polar surface area (TPSA) is 46.5 Å². The van der Waals surface area contributed by atoms with Gasteiger partial charge in [0.1, 0.15) is 6.10 Å². The van der Waals surface area contributed by atoms with Crippen LogP contribution in [0.25, 0.3) is 0 Å². The lowest BCUT2D eigenvalue weighted by molar-refractivity contribution is -0.149. The molecule has 1 saturated carbocycles. The van der Waals surface area contributed by atoms with E-state index in [1.165, 1.54) is 6.92 Å². The second-order valence-corrected chi connectivity index (χ2v) is 7.10. The first kappa shape index (κ1) is 15.6. The molecule has 1 fully saturated rings. The predicted octanol–water partition coefficient (Wildman–Crippen LogP) is 3.32. The highest BCUT2D eigenvalue weighted by Gasteiger charge is 2.50. The Labute approximate surface area is 122 Å². The third-order valence-electron chi connectivity index (χ3n) is 5.51. The van der Waals surface area contributed by atoms with Gasteiger partial charge >= 0.3 is 5.97 Å². The predicted molar refractivity (Wildman–Crippen MR) is 79.1 cm³/mol. The third-order valence-corrected chi connectivity index (χ3v) is 5.51. The Morgan fingerprint density at radius 1 is 1.50 bits per heavy atom. The summed E-state index contributed by atoms with van der Waals surface area (Å²) in [4.78, 5) is 11.2. The fourth-order valence-electron chi connectivity index (χ4n) is 4.05. The van der Waals surface area contributed by atoms with Crippen LogP contribution in [0.4, 0.5) is 0 Å². The van der Waals surface area contributed by atoms with Crippen LogP contribution in [0.3, 0.4) is 0 Å². The molecule has 5 atom stereocenters. The monoisotopic (exact) mass is 280 g/mol. The van der Waals surface area contributed by atoms with Gasteiger partial charge < -0.3 is 9.84 Å². The summed E-state index contributed by atoms with van der Waals surface area (Å²) < 4.78 is 5.44. The van der Waals surface area contributed by atoms with Gasteiger partial charge in [-0.1, -0.05) is 26.8 Å². The van der Waals surface area contributed by atoms with Crippen LogP contribution in [0.15, 0.2) is 11.6 Å². The molecule has 0 aromatic carbocycles. The lowest BCUT2D eigenvalue weighted by Crippen LogP contribution is -2.53. The van der Waals surface area contributed by atoms with Gasteiger partial charge in [-0.3, -0.25) is 4.79 Å². The zero-order valence-corrected chi connectivity index (χ0v) is 13.3. The van der Waals surface area contributed by atoms with Gasteiger partial charge in [0.15, 0.2) is 0 Å². The summed E-state index contributed by atoms with van der Waals surface area (Å²) in [7, 11) is 0. The lowest BCUT2D eigenvalue weighted by atomic mass is 9.57. The fourth-order valence-corrected chi connectivity index (χ4v) is 4.05. The van der Waals surface area contributed by atoms with Gasteiger partial charge in [-0.25, -0.2) is 0 Å². The number of carbonyl (C=O) groups excluding carboxylic acids is 1. The van der Waals surface area contributed by atoms with Crippen molar-refractivity contribution < 1.29 is 14.6 Å². The van der Waals surface area contributed by atoms with Crippen molar-refractivity contribution in [2.24, 2.45) is 23.7 Å². The van der Waals surface area contributed by atoms with E-state index in [2.05, 4.69) is 26.8 Å². The minimum absolute atomic E-state index is 0.106. The highest BCUT2D eigenvalue weighted by molar-refractivity contribution is 5.66. The molecule has 0 saturated heterocycles. The van der Waals surface area contributed by atoms with E-state index in [4.69, 9.17) is 4.74 Å². The molecule has 1 N–H and O–H groups in total. The molecular weight excluding hydrogens is 252 g/mol. The van der Waals surface area contributed by atoms with E-state index in [1.54, 1.807) is 0 Å². The van der Waals surface area contributed by atoms with Crippen LogP contribution in [-0.4, -0.2) is 22.8 Å². The van der Waals surface area contributed by atoms with Crippen molar-refractivity contribution in [1.29, 1.82) is 0 Å². The standard InChI is InChI=1S/C17H28O3/c1-10(2)17(19)7-6-11(3)14-9-16(20-13(5)18)12(4)8-15(14)17/h8,10-11,14-16,19H,6-7,9H2,1-5H3.